The first kappa shape index (κ1) is 10.3. The van der Waals surface area contributed by atoms with Crippen LogP contribution >= 0.6 is 23.9 Å². The Hall–Kier alpha value is -1.20. The molecule has 0 aliphatic rings. The van der Waals surface area contributed by atoms with Gasteiger partial charge in [-0.05, 0) is 12.1 Å². The molecule has 78 valence electrons. The fraction of sp³-hybridized carbons (Fsp3) is 0. The minimum atomic E-state index is -1.19. The molecule has 0 aliphatic carbocycles. The zero-order valence-corrected chi connectivity index (χ0v) is 8.85. The second-order valence-corrected chi connectivity index (χ2v) is 3.79. The Kier molecular flexibility index (Phi) is 2.58. The summed E-state index contributed by atoms with van der Waals surface area (Å²) < 4.78 is 13.6. The first-order valence-electron chi connectivity index (χ1n) is 3.97. The van der Waals surface area contributed by atoms with Crippen molar-refractivity contribution in [2.24, 2.45) is 0 Å². The number of aromatic nitrogens is 1. The zero-order chi connectivity index (χ0) is 11.0. The van der Waals surface area contributed by atoms with E-state index in [2.05, 4.69) is 0 Å². The van der Waals surface area contributed by atoms with Crippen LogP contribution in [0.4, 0.5) is 3.89 Å². The molecule has 0 bridgehead atoms. The Morgan fingerprint density at radius 2 is 2.27 bits per heavy atom. The zero-order valence-electron chi connectivity index (χ0n) is 7.28. The molecule has 3 nitrogen and oxygen atoms in total. The maximum absolute atomic E-state index is 12.6. The first-order chi connectivity index (χ1) is 7.15. The van der Waals surface area contributed by atoms with E-state index in [-0.39, 0.29) is 18.0 Å². The van der Waals surface area contributed by atoms with Gasteiger partial charge in [0.05, 0.1) is 10.5 Å². The second-order valence-electron chi connectivity index (χ2n) is 2.88. The number of aromatic carboxylic acids is 1. The lowest BCUT2D eigenvalue weighted by Gasteiger charge is -2.00. The summed E-state index contributed by atoms with van der Waals surface area (Å²) in [5, 5.41) is 9.77. The first-order valence-corrected chi connectivity index (χ1v) is 5.02. The summed E-state index contributed by atoms with van der Waals surface area (Å²) in [6.45, 7) is 0. The number of rotatable bonds is 2. The number of carbonyl (C=O) groups is 1. The van der Waals surface area contributed by atoms with Gasteiger partial charge in [-0.25, -0.2) is 8.77 Å². The summed E-state index contributed by atoms with van der Waals surface area (Å²) >= 11 is 5.69. The van der Waals surface area contributed by atoms with Crippen LogP contribution in [-0.2, 0) is 0 Å². The fourth-order valence-electron chi connectivity index (χ4n) is 1.41. The molecular formula is C9H5ClFNO2S. The van der Waals surface area contributed by atoms with Crippen molar-refractivity contribution in [3.63, 3.8) is 0 Å². The summed E-state index contributed by atoms with van der Waals surface area (Å²) in [5.74, 6) is -1.19. The minimum absolute atomic E-state index is 0.134. The van der Waals surface area contributed by atoms with E-state index in [1.54, 1.807) is 18.2 Å². The number of nitrogens with zero attached hydrogens (tertiary/aromatic N) is 1. The molecule has 1 aromatic carbocycles. The van der Waals surface area contributed by atoms with Gasteiger partial charge in [0.2, 0.25) is 0 Å². The van der Waals surface area contributed by atoms with Crippen LogP contribution in [0, 0.1) is 0 Å². The van der Waals surface area contributed by atoms with Crippen LogP contribution in [0.15, 0.2) is 24.3 Å². The standard InChI is InChI=1S/C9H5ClFNO2S/c10-6-3-1-2-5-4-7(9(13)14)12(15-11)8(5)6/h1-4H,(H,13,14). The van der Waals surface area contributed by atoms with Gasteiger partial charge in [0.1, 0.15) is 5.69 Å². The third-order valence-electron chi connectivity index (χ3n) is 2.02. The highest BCUT2D eigenvalue weighted by molar-refractivity contribution is 7.93. The normalized spacial score (nSPS) is 10.8. The monoisotopic (exact) mass is 245 g/mol. The van der Waals surface area contributed by atoms with Crippen molar-refractivity contribution in [1.29, 1.82) is 0 Å². The Morgan fingerprint density at radius 1 is 1.53 bits per heavy atom. The van der Waals surface area contributed by atoms with Crippen LogP contribution < -0.4 is 0 Å². The van der Waals surface area contributed by atoms with Crippen LogP contribution in [-0.4, -0.2) is 15.0 Å². The molecule has 0 atom stereocenters. The molecule has 0 aliphatic heterocycles. The van der Waals surface area contributed by atoms with Crippen molar-refractivity contribution >= 4 is 40.8 Å². The third kappa shape index (κ3) is 1.57. The Morgan fingerprint density at radius 3 is 2.87 bits per heavy atom. The van der Waals surface area contributed by atoms with E-state index in [1.807, 2.05) is 0 Å². The average Bonchev–Trinajstić information content (AvgIpc) is 2.57. The van der Waals surface area contributed by atoms with Gasteiger partial charge in [0.15, 0.2) is 12.3 Å². The third-order valence-corrected chi connectivity index (χ3v) is 2.84. The number of carboxylic acid groups (broad SMARTS) is 1. The lowest BCUT2D eigenvalue weighted by molar-refractivity contribution is 0.0690. The molecule has 0 radical (unpaired) electrons. The molecule has 1 N–H and O–H groups in total. The molecule has 15 heavy (non-hydrogen) atoms. The van der Waals surface area contributed by atoms with Gasteiger partial charge in [0, 0.05) is 5.39 Å². The SMILES string of the molecule is O=C(O)c1cc2cccc(Cl)c2n1SF. The van der Waals surface area contributed by atoms with Gasteiger partial charge in [0.25, 0.3) is 0 Å². The predicted molar refractivity (Wildman–Crippen MR) is 58.0 cm³/mol. The van der Waals surface area contributed by atoms with Crippen molar-refractivity contribution in [3.8, 4) is 0 Å². The molecule has 0 unspecified atom stereocenters. The Labute approximate surface area is 93.9 Å². The average molecular weight is 246 g/mol. The van der Waals surface area contributed by atoms with Gasteiger partial charge in [-0.1, -0.05) is 23.7 Å². The van der Waals surface area contributed by atoms with E-state index >= 15 is 0 Å². The van der Waals surface area contributed by atoms with Gasteiger partial charge >= 0.3 is 5.97 Å². The number of fused-ring (bicyclic) bond motifs is 1. The number of benzene rings is 1. The summed E-state index contributed by atoms with van der Waals surface area (Å²) in [7, 11) is 0. The number of halogens is 2. The maximum Gasteiger partial charge on any atom is 0.353 e. The minimum Gasteiger partial charge on any atom is -0.477 e. The largest absolute Gasteiger partial charge is 0.477 e. The van der Waals surface area contributed by atoms with Crippen LogP contribution in [0.3, 0.4) is 0 Å². The topological polar surface area (TPSA) is 42.2 Å². The molecule has 0 amide bonds. The van der Waals surface area contributed by atoms with E-state index in [0.29, 0.717) is 15.9 Å². The number of para-hydroxylation sites is 1. The van der Waals surface area contributed by atoms with Crippen LogP contribution in [0.25, 0.3) is 10.9 Å². The van der Waals surface area contributed by atoms with E-state index in [1.165, 1.54) is 6.07 Å². The molecule has 0 saturated heterocycles. The van der Waals surface area contributed by atoms with Gasteiger partial charge in [-0.2, -0.15) is 0 Å². The van der Waals surface area contributed by atoms with Crippen LogP contribution in [0.2, 0.25) is 5.02 Å². The molecule has 0 fully saturated rings. The van der Waals surface area contributed by atoms with E-state index < -0.39 is 5.97 Å². The van der Waals surface area contributed by atoms with Gasteiger partial charge in [-0.3, -0.25) is 0 Å². The van der Waals surface area contributed by atoms with E-state index in [0.717, 1.165) is 3.97 Å². The molecule has 6 heteroatoms. The fourth-order valence-corrected chi connectivity index (χ4v) is 2.20. The van der Waals surface area contributed by atoms with Crippen molar-refractivity contribution < 1.29 is 13.8 Å². The highest BCUT2D eigenvalue weighted by Crippen LogP contribution is 2.30. The molecule has 1 aromatic heterocycles. The Balaban J connectivity index is 2.86. The summed E-state index contributed by atoms with van der Waals surface area (Å²) in [4.78, 5) is 10.8. The van der Waals surface area contributed by atoms with Crippen molar-refractivity contribution in [2.75, 3.05) is 0 Å². The van der Waals surface area contributed by atoms with Crippen LogP contribution in [0.1, 0.15) is 10.5 Å². The molecule has 0 saturated carbocycles. The van der Waals surface area contributed by atoms with Gasteiger partial charge in [-0.15, -0.1) is 3.89 Å². The smallest absolute Gasteiger partial charge is 0.353 e. The summed E-state index contributed by atoms with van der Waals surface area (Å²) in [5.41, 5.74) is 0.245. The molecule has 2 rings (SSSR count). The predicted octanol–water partition coefficient (Wildman–Crippen LogP) is 3.37. The van der Waals surface area contributed by atoms with Gasteiger partial charge < -0.3 is 5.11 Å². The second kappa shape index (κ2) is 3.75. The molecule has 0 spiro atoms. The number of hydrogen-bond acceptors (Lipinski definition) is 2. The Bertz CT molecular complexity index is 540. The van der Waals surface area contributed by atoms with E-state index in [4.69, 9.17) is 16.7 Å². The highest BCUT2D eigenvalue weighted by Gasteiger charge is 2.17. The number of hydrogen-bond donors (Lipinski definition) is 1. The maximum atomic E-state index is 12.6. The molecule has 1 heterocycles. The highest BCUT2D eigenvalue weighted by atomic mass is 35.5. The molecule has 2 aromatic rings. The van der Waals surface area contributed by atoms with E-state index in [9.17, 15) is 8.68 Å². The van der Waals surface area contributed by atoms with Crippen molar-refractivity contribution in [2.45, 2.75) is 0 Å². The summed E-state index contributed by atoms with van der Waals surface area (Å²) in [6.07, 6.45) is 0. The van der Waals surface area contributed by atoms with Crippen LogP contribution in [0.5, 0.6) is 0 Å². The summed E-state index contributed by atoms with van der Waals surface area (Å²) in [6, 6.07) is 6.34. The van der Waals surface area contributed by atoms with Crippen molar-refractivity contribution in [3.05, 3.63) is 35.0 Å². The number of carboxylic acids is 1. The lowest BCUT2D eigenvalue weighted by atomic mass is 10.2. The molecular weight excluding hydrogens is 241 g/mol. The lowest BCUT2D eigenvalue weighted by Crippen LogP contribution is -2.01. The quantitative estimate of drug-likeness (QED) is 0.882. The van der Waals surface area contributed by atoms with Crippen molar-refractivity contribution in [1.82, 2.24) is 3.97 Å².